The van der Waals surface area contributed by atoms with Crippen LogP contribution in [0.1, 0.15) is 5.82 Å². The zero-order chi connectivity index (χ0) is 11.5. The van der Waals surface area contributed by atoms with Crippen LogP contribution < -0.4 is 10.5 Å². The van der Waals surface area contributed by atoms with E-state index in [1.54, 1.807) is 6.92 Å². The van der Waals surface area contributed by atoms with Gasteiger partial charge in [-0.2, -0.15) is 9.97 Å². The number of sulfonamides is 1. The van der Waals surface area contributed by atoms with Gasteiger partial charge in [-0.1, -0.05) is 0 Å². The molecular weight excluding hydrogens is 242 g/mol. The second kappa shape index (κ2) is 4.69. The van der Waals surface area contributed by atoms with E-state index < -0.39 is 10.0 Å². The second-order valence-corrected chi connectivity index (χ2v) is 4.84. The average molecular weight is 252 g/mol. The van der Waals surface area contributed by atoms with Gasteiger partial charge in [0.15, 0.2) is 0 Å². The Bertz CT molecular complexity index is 429. The molecule has 0 radical (unpaired) electrons. The van der Waals surface area contributed by atoms with E-state index in [1.165, 1.54) is 0 Å². The minimum Gasteiger partial charge on any atom is -0.353 e. The molecule has 3 N–H and O–H groups in total. The molecule has 0 fully saturated rings. The summed E-state index contributed by atoms with van der Waals surface area (Å²) in [5.74, 6) is 0.485. The number of nitrogens with two attached hydrogens (primary N) is 1. The molecule has 0 atom stereocenters. The molecule has 15 heavy (non-hydrogen) atoms. The fourth-order valence-electron chi connectivity index (χ4n) is 0.833. The molecule has 0 spiro atoms. The molecule has 0 bridgehead atoms. The van der Waals surface area contributed by atoms with Crippen LogP contribution in [0.25, 0.3) is 0 Å². The first kappa shape index (κ1) is 12.1. The molecule has 0 aliphatic heterocycles. The number of nitrogens with one attached hydrogen (secondary N) is 1. The van der Waals surface area contributed by atoms with Gasteiger partial charge in [0.25, 0.3) is 0 Å². The number of rotatable bonds is 4. The van der Waals surface area contributed by atoms with Crippen molar-refractivity contribution >= 4 is 27.6 Å². The van der Waals surface area contributed by atoms with Crippen molar-refractivity contribution in [2.45, 2.75) is 6.92 Å². The fraction of sp³-hybridized carbons (Fsp3) is 0.500. The van der Waals surface area contributed by atoms with Gasteiger partial charge < -0.3 is 5.32 Å². The van der Waals surface area contributed by atoms with Gasteiger partial charge in [-0.15, -0.1) is 0 Å². The third-order valence-corrected chi connectivity index (χ3v) is 2.33. The number of aryl methyl sites for hydroxylation is 1. The number of hydrogen-bond donors (Lipinski definition) is 2. The molecule has 0 saturated heterocycles. The zero-order valence-corrected chi connectivity index (χ0v) is 9.51. The van der Waals surface area contributed by atoms with E-state index in [9.17, 15) is 8.42 Å². The highest BCUT2D eigenvalue weighted by Gasteiger charge is 2.04. The molecule has 7 nitrogen and oxygen atoms in total. The van der Waals surface area contributed by atoms with E-state index in [-0.39, 0.29) is 23.5 Å². The van der Waals surface area contributed by atoms with Crippen molar-refractivity contribution in [1.82, 2.24) is 15.0 Å². The van der Waals surface area contributed by atoms with Crippen LogP contribution in [0.4, 0.5) is 5.95 Å². The first-order valence-corrected chi connectivity index (χ1v) is 6.09. The molecule has 0 unspecified atom stereocenters. The molecule has 0 aliphatic rings. The van der Waals surface area contributed by atoms with Crippen LogP contribution in [0.3, 0.4) is 0 Å². The second-order valence-electron chi connectivity index (χ2n) is 2.77. The smallest absolute Gasteiger partial charge is 0.227 e. The van der Waals surface area contributed by atoms with Gasteiger partial charge in [0, 0.05) is 6.54 Å². The Morgan fingerprint density at radius 2 is 2.07 bits per heavy atom. The average Bonchev–Trinajstić information content (AvgIpc) is 1.99. The molecule has 1 aromatic heterocycles. The molecule has 0 amide bonds. The minimum atomic E-state index is -3.48. The minimum absolute atomic E-state index is 0.0561. The lowest BCUT2D eigenvalue weighted by molar-refractivity contribution is 0.598. The number of nitrogens with zero attached hydrogens (tertiary/aromatic N) is 3. The van der Waals surface area contributed by atoms with Crippen LogP contribution >= 0.6 is 11.6 Å². The zero-order valence-electron chi connectivity index (χ0n) is 7.94. The van der Waals surface area contributed by atoms with Crippen LogP contribution in [-0.2, 0) is 10.0 Å². The Morgan fingerprint density at radius 3 is 2.60 bits per heavy atom. The van der Waals surface area contributed by atoms with Gasteiger partial charge in [0.1, 0.15) is 5.82 Å². The lowest BCUT2D eigenvalue weighted by atomic mass is 10.7. The first-order chi connectivity index (χ1) is 6.87. The molecule has 0 aliphatic carbocycles. The lowest BCUT2D eigenvalue weighted by Crippen LogP contribution is -2.23. The Balaban J connectivity index is 2.58. The van der Waals surface area contributed by atoms with Crippen molar-refractivity contribution in [3.63, 3.8) is 0 Å². The summed E-state index contributed by atoms with van der Waals surface area (Å²) in [6.07, 6.45) is 0. The summed E-state index contributed by atoms with van der Waals surface area (Å²) in [6, 6.07) is 0. The highest BCUT2D eigenvalue weighted by atomic mass is 35.5. The summed E-state index contributed by atoms with van der Waals surface area (Å²) in [5.41, 5.74) is 0. The van der Waals surface area contributed by atoms with E-state index in [0.29, 0.717) is 5.82 Å². The Morgan fingerprint density at radius 1 is 1.40 bits per heavy atom. The maximum absolute atomic E-state index is 10.6. The summed E-state index contributed by atoms with van der Waals surface area (Å²) in [4.78, 5) is 11.4. The molecule has 9 heteroatoms. The molecule has 1 rings (SSSR count). The quantitative estimate of drug-likeness (QED) is 0.749. The van der Waals surface area contributed by atoms with Crippen LogP contribution in [0.5, 0.6) is 0 Å². The third-order valence-electron chi connectivity index (χ3n) is 1.39. The normalized spacial score (nSPS) is 11.4. The van der Waals surface area contributed by atoms with E-state index in [1.807, 2.05) is 0 Å². The summed E-state index contributed by atoms with van der Waals surface area (Å²) >= 11 is 5.57. The molecule has 1 heterocycles. The van der Waals surface area contributed by atoms with Gasteiger partial charge >= 0.3 is 0 Å². The van der Waals surface area contributed by atoms with Crippen molar-refractivity contribution in [2.24, 2.45) is 5.14 Å². The number of halogens is 1. The lowest BCUT2D eigenvalue weighted by Gasteiger charge is -2.03. The largest absolute Gasteiger partial charge is 0.353 e. The Kier molecular flexibility index (Phi) is 3.77. The van der Waals surface area contributed by atoms with Crippen LogP contribution in [0.2, 0.25) is 5.28 Å². The Labute approximate surface area is 92.1 Å². The van der Waals surface area contributed by atoms with E-state index in [4.69, 9.17) is 16.7 Å². The monoisotopic (exact) mass is 251 g/mol. The molecule has 1 aromatic rings. The first-order valence-electron chi connectivity index (χ1n) is 3.99. The highest BCUT2D eigenvalue weighted by Crippen LogP contribution is 2.04. The van der Waals surface area contributed by atoms with E-state index >= 15 is 0 Å². The number of hydrogen-bond acceptors (Lipinski definition) is 6. The van der Waals surface area contributed by atoms with Crippen LogP contribution in [0.15, 0.2) is 0 Å². The maximum atomic E-state index is 10.6. The van der Waals surface area contributed by atoms with Gasteiger partial charge in [0.05, 0.1) is 5.75 Å². The number of anilines is 1. The highest BCUT2D eigenvalue weighted by molar-refractivity contribution is 7.89. The summed E-state index contributed by atoms with van der Waals surface area (Å²) in [7, 11) is -3.48. The van der Waals surface area contributed by atoms with Crippen molar-refractivity contribution < 1.29 is 8.42 Å². The van der Waals surface area contributed by atoms with E-state index in [2.05, 4.69) is 20.3 Å². The summed E-state index contributed by atoms with van der Waals surface area (Å²) < 4.78 is 21.2. The van der Waals surface area contributed by atoms with Gasteiger partial charge in [0.2, 0.25) is 21.3 Å². The molecule has 0 aromatic carbocycles. The third kappa shape index (κ3) is 4.86. The molecular formula is C6H10ClN5O2S. The van der Waals surface area contributed by atoms with E-state index in [0.717, 1.165) is 0 Å². The van der Waals surface area contributed by atoms with Crippen LogP contribution in [0, 0.1) is 6.92 Å². The number of primary sulfonamides is 1. The SMILES string of the molecule is Cc1nc(Cl)nc(NCCS(N)(=O)=O)n1. The predicted octanol–water partition coefficient (Wildman–Crippen LogP) is -0.466. The van der Waals surface area contributed by atoms with Gasteiger partial charge in [-0.3, -0.25) is 0 Å². The fourth-order valence-corrected chi connectivity index (χ4v) is 1.42. The van der Waals surface area contributed by atoms with Crippen LogP contribution in [-0.4, -0.2) is 35.7 Å². The van der Waals surface area contributed by atoms with Gasteiger partial charge in [-0.05, 0) is 18.5 Å². The number of aromatic nitrogens is 3. The van der Waals surface area contributed by atoms with Crippen molar-refractivity contribution in [2.75, 3.05) is 17.6 Å². The van der Waals surface area contributed by atoms with Gasteiger partial charge in [-0.25, -0.2) is 18.5 Å². The summed E-state index contributed by atoms with van der Waals surface area (Å²) in [6.45, 7) is 1.77. The topological polar surface area (TPSA) is 111 Å². The van der Waals surface area contributed by atoms with Crippen molar-refractivity contribution in [1.29, 1.82) is 0 Å². The predicted molar refractivity (Wildman–Crippen MR) is 56.0 cm³/mol. The molecule has 0 saturated carbocycles. The van der Waals surface area contributed by atoms with Crippen molar-refractivity contribution in [3.8, 4) is 0 Å². The summed E-state index contributed by atoms with van der Waals surface area (Å²) in [5, 5.41) is 7.55. The molecule has 84 valence electrons. The maximum Gasteiger partial charge on any atom is 0.227 e. The standard InChI is InChI=1S/C6H10ClN5O2S/c1-4-10-5(7)12-6(11-4)9-2-3-15(8,13)14/h2-3H2,1H3,(H2,8,13,14)(H,9,10,11,12). The van der Waals surface area contributed by atoms with Crippen molar-refractivity contribution in [3.05, 3.63) is 11.1 Å². The Hall–Kier alpha value is -0.990.